The largest absolute Gasteiger partial charge is 0.467 e. The summed E-state index contributed by atoms with van der Waals surface area (Å²) in [4.78, 5) is 12.2. The first-order chi connectivity index (χ1) is 13.0. The first-order valence-corrected chi connectivity index (χ1v) is 8.70. The van der Waals surface area contributed by atoms with Gasteiger partial charge in [-0.1, -0.05) is 11.6 Å². The lowest BCUT2D eigenvalue weighted by Crippen LogP contribution is -2.15. The first kappa shape index (κ1) is 20.1. The predicted molar refractivity (Wildman–Crippen MR) is 102 cm³/mol. The number of ether oxygens (including phenoxy) is 1. The van der Waals surface area contributed by atoms with Gasteiger partial charge in [0.05, 0.1) is 34.6 Å². The highest BCUT2D eigenvalue weighted by Gasteiger charge is 2.34. The van der Waals surface area contributed by atoms with Gasteiger partial charge in [-0.25, -0.2) is 18.2 Å². The Hall–Kier alpha value is -2.61. The SMILES string of the molecule is COc1nc(C)c2c(C)c(Cl)c(-c3nc(N)cc(C)c3C(C)(F)F)c(F)c2n1. The fraction of sp³-hybridized carbons (Fsp3) is 0.316. The highest BCUT2D eigenvalue weighted by molar-refractivity contribution is 6.35. The van der Waals surface area contributed by atoms with Crippen molar-refractivity contribution in [3.05, 3.63) is 39.3 Å². The number of nitrogens with zero attached hydrogens (tertiary/aromatic N) is 3. The Labute approximate surface area is 164 Å². The third-order valence-electron chi connectivity index (χ3n) is 4.52. The third kappa shape index (κ3) is 3.11. The Morgan fingerprint density at radius 3 is 2.36 bits per heavy atom. The Bertz CT molecular complexity index is 1110. The average molecular weight is 411 g/mol. The number of rotatable bonds is 3. The molecule has 3 rings (SSSR count). The van der Waals surface area contributed by atoms with Gasteiger partial charge in [0, 0.05) is 12.3 Å². The van der Waals surface area contributed by atoms with Crippen molar-refractivity contribution in [2.45, 2.75) is 33.6 Å². The fourth-order valence-corrected chi connectivity index (χ4v) is 3.67. The molecule has 0 atom stereocenters. The van der Waals surface area contributed by atoms with E-state index in [4.69, 9.17) is 22.1 Å². The molecule has 2 aromatic heterocycles. The molecular weight excluding hydrogens is 393 g/mol. The van der Waals surface area contributed by atoms with Gasteiger partial charge < -0.3 is 10.5 Å². The van der Waals surface area contributed by atoms with Crippen molar-refractivity contribution < 1.29 is 17.9 Å². The Morgan fingerprint density at radius 2 is 1.79 bits per heavy atom. The fourth-order valence-electron chi connectivity index (χ4n) is 3.40. The lowest BCUT2D eigenvalue weighted by Gasteiger charge is -2.21. The maximum atomic E-state index is 15.6. The molecule has 0 aliphatic carbocycles. The molecule has 0 saturated carbocycles. The van der Waals surface area contributed by atoms with Crippen molar-refractivity contribution in [1.82, 2.24) is 15.0 Å². The summed E-state index contributed by atoms with van der Waals surface area (Å²) in [5, 5.41) is 0.336. The second-order valence-corrected chi connectivity index (χ2v) is 7.00. The van der Waals surface area contributed by atoms with Gasteiger partial charge in [0.1, 0.15) is 11.3 Å². The van der Waals surface area contributed by atoms with Crippen LogP contribution in [-0.2, 0) is 5.92 Å². The van der Waals surface area contributed by atoms with Crippen molar-refractivity contribution in [3.8, 4) is 17.3 Å². The number of aromatic nitrogens is 3. The van der Waals surface area contributed by atoms with Crippen LogP contribution in [0.3, 0.4) is 0 Å². The topological polar surface area (TPSA) is 73.9 Å². The monoisotopic (exact) mass is 410 g/mol. The number of hydrogen-bond acceptors (Lipinski definition) is 5. The van der Waals surface area contributed by atoms with Crippen LogP contribution in [0.4, 0.5) is 19.0 Å². The van der Waals surface area contributed by atoms with Gasteiger partial charge in [-0.3, -0.25) is 0 Å². The minimum atomic E-state index is -3.29. The molecule has 0 radical (unpaired) electrons. The maximum Gasteiger partial charge on any atom is 0.316 e. The van der Waals surface area contributed by atoms with Gasteiger partial charge in [-0.15, -0.1) is 0 Å². The lowest BCUT2D eigenvalue weighted by atomic mass is 9.94. The number of halogens is 4. The Kier molecular flexibility index (Phi) is 4.87. The van der Waals surface area contributed by atoms with Gasteiger partial charge in [-0.05, 0) is 38.0 Å². The van der Waals surface area contributed by atoms with Crippen LogP contribution in [0.2, 0.25) is 5.02 Å². The van der Waals surface area contributed by atoms with Crippen molar-refractivity contribution >= 4 is 28.3 Å². The van der Waals surface area contributed by atoms with Crippen molar-refractivity contribution in [2.24, 2.45) is 0 Å². The highest BCUT2D eigenvalue weighted by atomic mass is 35.5. The number of methoxy groups -OCH3 is 1. The van der Waals surface area contributed by atoms with E-state index < -0.39 is 17.3 Å². The molecule has 0 aliphatic rings. The zero-order valence-corrected chi connectivity index (χ0v) is 16.7. The smallest absolute Gasteiger partial charge is 0.316 e. The number of hydrogen-bond donors (Lipinski definition) is 1. The van der Waals surface area contributed by atoms with Crippen LogP contribution < -0.4 is 10.5 Å². The van der Waals surface area contributed by atoms with E-state index in [-0.39, 0.29) is 39.2 Å². The minimum Gasteiger partial charge on any atom is -0.467 e. The molecule has 2 heterocycles. The van der Waals surface area contributed by atoms with E-state index in [9.17, 15) is 8.78 Å². The minimum absolute atomic E-state index is 0.0230. The summed E-state index contributed by atoms with van der Waals surface area (Å²) in [6.07, 6.45) is 0. The van der Waals surface area contributed by atoms with Crippen molar-refractivity contribution in [3.63, 3.8) is 0 Å². The molecule has 5 nitrogen and oxygen atoms in total. The van der Waals surface area contributed by atoms with Gasteiger partial charge in [0.25, 0.3) is 5.92 Å². The molecule has 9 heteroatoms. The molecule has 148 valence electrons. The predicted octanol–water partition coefficient (Wildman–Crippen LogP) is 5.11. The highest BCUT2D eigenvalue weighted by Crippen LogP contribution is 2.44. The first-order valence-electron chi connectivity index (χ1n) is 8.33. The number of nitrogen functional groups attached to an aromatic ring is 1. The summed E-state index contributed by atoms with van der Waals surface area (Å²) < 4.78 is 49.3. The molecule has 2 N–H and O–H groups in total. The molecule has 0 saturated heterocycles. The van der Waals surface area contributed by atoms with E-state index in [2.05, 4.69) is 15.0 Å². The van der Waals surface area contributed by atoms with Crippen LogP contribution in [-0.4, -0.2) is 22.1 Å². The van der Waals surface area contributed by atoms with E-state index in [0.717, 1.165) is 0 Å². The molecule has 0 amide bonds. The van der Waals surface area contributed by atoms with E-state index >= 15 is 4.39 Å². The molecule has 0 aliphatic heterocycles. The summed E-state index contributed by atoms with van der Waals surface area (Å²) in [6.45, 7) is 5.47. The number of alkyl halides is 2. The Morgan fingerprint density at radius 1 is 1.14 bits per heavy atom. The van der Waals surface area contributed by atoms with Crippen LogP contribution in [0, 0.1) is 26.6 Å². The summed E-state index contributed by atoms with van der Waals surface area (Å²) in [6, 6.07) is 1.26. The summed E-state index contributed by atoms with van der Waals surface area (Å²) in [5.41, 5.74) is 5.71. The average Bonchev–Trinajstić information content (AvgIpc) is 2.57. The molecule has 0 bridgehead atoms. The summed E-state index contributed by atoms with van der Waals surface area (Å²) >= 11 is 6.43. The number of anilines is 1. The van der Waals surface area contributed by atoms with Crippen LogP contribution in [0.5, 0.6) is 6.01 Å². The Balaban J connectivity index is 2.53. The quantitative estimate of drug-likeness (QED) is 0.649. The van der Waals surface area contributed by atoms with Crippen molar-refractivity contribution in [2.75, 3.05) is 12.8 Å². The van der Waals surface area contributed by atoms with Gasteiger partial charge in [0.15, 0.2) is 5.82 Å². The van der Waals surface area contributed by atoms with Crippen molar-refractivity contribution in [1.29, 1.82) is 0 Å². The van der Waals surface area contributed by atoms with E-state index in [1.165, 1.54) is 20.1 Å². The van der Waals surface area contributed by atoms with Gasteiger partial charge in [0.2, 0.25) is 0 Å². The molecule has 3 aromatic rings. The third-order valence-corrected chi connectivity index (χ3v) is 4.99. The number of nitrogens with two attached hydrogens (primary N) is 1. The maximum absolute atomic E-state index is 15.6. The zero-order valence-electron chi connectivity index (χ0n) is 15.9. The molecule has 0 spiro atoms. The zero-order chi connectivity index (χ0) is 21.0. The molecule has 0 unspecified atom stereocenters. The van der Waals surface area contributed by atoms with Gasteiger partial charge >= 0.3 is 6.01 Å². The van der Waals surface area contributed by atoms with Crippen LogP contribution >= 0.6 is 11.6 Å². The second kappa shape index (κ2) is 6.77. The summed E-state index contributed by atoms with van der Waals surface area (Å²) in [5.74, 6) is -4.21. The molecule has 28 heavy (non-hydrogen) atoms. The number of pyridine rings is 1. The lowest BCUT2D eigenvalue weighted by molar-refractivity contribution is 0.0172. The standard InChI is InChI=1S/C19H18ClF3N4O/c1-7-6-10(24)26-16(13(7)19(4,22)23)12-14(20)8(2)11-9(3)25-18(28-5)27-17(11)15(12)21/h6H,1-5H3,(H2,24,26). The normalized spacial score (nSPS) is 11.9. The molecule has 0 fully saturated rings. The van der Waals surface area contributed by atoms with E-state index in [0.29, 0.717) is 23.6 Å². The number of fused-ring (bicyclic) bond motifs is 1. The van der Waals surface area contributed by atoms with Gasteiger partial charge in [-0.2, -0.15) is 9.97 Å². The van der Waals surface area contributed by atoms with E-state index in [1.807, 2.05) is 0 Å². The number of aryl methyl sites for hydroxylation is 3. The second-order valence-electron chi connectivity index (χ2n) is 6.62. The van der Waals surface area contributed by atoms with E-state index in [1.54, 1.807) is 13.8 Å². The van der Waals surface area contributed by atoms with Crippen LogP contribution in [0.25, 0.3) is 22.2 Å². The summed E-state index contributed by atoms with van der Waals surface area (Å²) in [7, 11) is 1.35. The van der Waals surface area contributed by atoms with Crippen LogP contribution in [0.1, 0.15) is 29.3 Å². The number of benzene rings is 1. The van der Waals surface area contributed by atoms with Crippen LogP contribution in [0.15, 0.2) is 6.07 Å². The molecular formula is C19H18ClF3N4O. The molecule has 1 aromatic carbocycles.